The van der Waals surface area contributed by atoms with Crippen LogP contribution in [0.1, 0.15) is 37.9 Å². The molecule has 0 saturated heterocycles. The van der Waals surface area contributed by atoms with Gasteiger partial charge in [0.1, 0.15) is 5.76 Å². The predicted octanol–water partition coefficient (Wildman–Crippen LogP) is 3.60. The van der Waals surface area contributed by atoms with E-state index in [4.69, 9.17) is 4.42 Å². The fourth-order valence-corrected chi connectivity index (χ4v) is 3.93. The fraction of sp³-hybridized carbons (Fsp3) is 0.182. The van der Waals surface area contributed by atoms with Gasteiger partial charge in [0.05, 0.1) is 11.3 Å². The predicted molar refractivity (Wildman–Crippen MR) is 110 cm³/mol. The summed E-state index contributed by atoms with van der Waals surface area (Å²) in [5, 5.41) is 10.3. The number of nitrogens with one attached hydrogen (secondary N) is 1. The first kappa shape index (κ1) is 18.1. The molecule has 0 saturated carbocycles. The molecule has 0 atom stereocenters. The van der Waals surface area contributed by atoms with Crippen molar-refractivity contribution < 1.29 is 19.1 Å². The van der Waals surface area contributed by atoms with E-state index >= 15 is 0 Å². The number of aromatic nitrogens is 3. The Morgan fingerprint density at radius 2 is 2.17 bits per heavy atom. The lowest BCUT2D eigenvalue weighted by atomic mass is 10.0. The van der Waals surface area contributed by atoms with E-state index in [0.717, 1.165) is 35.0 Å². The number of carboxylic acids is 1. The number of furan rings is 1. The van der Waals surface area contributed by atoms with Gasteiger partial charge >= 0.3 is 5.97 Å². The largest absolute Gasteiger partial charge is 0.478 e. The number of aromatic carboxylic acids is 1. The standard InChI is InChI=1S/C22H18N4O4/c1-12-16(21(28)29)9-23-22(24-12)26-7-6-19-17(10-26)15-8-13(2-4-18(15)25-19)20-5-3-14(11-27)30-20/h2-5,8-9,11,25H,6-7,10H2,1H3,(H,28,29). The van der Waals surface area contributed by atoms with Crippen LogP contribution in [0.25, 0.3) is 22.2 Å². The van der Waals surface area contributed by atoms with Gasteiger partial charge in [0.25, 0.3) is 0 Å². The molecule has 0 amide bonds. The molecule has 8 heteroatoms. The van der Waals surface area contributed by atoms with E-state index in [1.807, 2.05) is 12.1 Å². The van der Waals surface area contributed by atoms with Crippen molar-refractivity contribution in [3.8, 4) is 11.3 Å². The normalized spacial score (nSPS) is 13.4. The Labute approximate surface area is 171 Å². The Hall–Kier alpha value is -3.94. The topological polar surface area (TPSA) is 112 Å². The molecule has 0 radical (unpaired) electrons. The number of aromatic amines is 1. The number of benzene rings is 1. The number of hydrogen-bond acceptors (Lipinski definition) is 6. The number of aldehydes is 1. The number of aryl methyl sites for hydroxylation is 1. The van der Waals surface area contributed by atoms with Crippen molar-refractivity contribution in [2.75, 3.05) is 11.4 Å². The van der Waals surface area contributed by atoms with E-state index in [-0.39, 0.29) is 5.56 Å². The van der Waals surface area contributed by atoms with Gasteiger partial charge in [-0.2, -0.15) is 0 Å². The lowest BCUT2D eigenvalue weighted by molar-refractivity contribution is 0.0695. The fourth-order valence-electron chi connectivity index (χ4n) is 3.93. The Bertz CT molecular complexity index is 1300. The molecule has 0 spiro atoms. The summed E-state index contributed by atoms with van der Waals surface area (Å²) in [5.74, 6) is 0.435. The lowest BCUT2D eigenvalue weighted by Crippen LogP contribution is -2.31. The number of H-pyrrole nitrogens is 1. The molecule has 4 heterocycles. The highest BCUT2D eigenvalue weighted by Crippen LogP contribution is 2.33. The molecule has 0 aliphatic carbocycles. The van der Waals surface area contributed by atoms with Crippen LogP contribution < -0.4 is 4.90 Å². The Morgan fingerprint density at radius 1 is 1.30 bits per heavy atom. The Morgan fingerprint density at radius 3 is 2.90 bits per heavy atom. The molecule has 0 bridgehead atoms. The minimum atomic E-state index is -1.03. The summed E-state index contributed by atoms with van der Waals surface area (Å²) in [4.78, 5) is 36.4. The number of nitrogens with zero attached hydrogens (tertiary/aromatic N) is 3. The van der Waals surface area contributed by atoms with E-state index in [1.165, 1.54) is 11.9 Å². The number of fused-ring (bicyclic) bond motifs is 3. The molecule has 5 rings (SSSR count). The smallest absolute Gasteiger partial charge is 0.339 e. The first-order valence-corrected chi connectivity index (χ1v) is 9.54. The average molecular weight is 402 g/mol. The van der Waals surface area contributed by atoms with Crippen molar-refractivity contribution >= 4 is 29.1 Å². The van der Waals surface area contributed by atoms with Crippen molar-refractivity contribution in [3.63, 3.8) is 0 Å². The van der Waals surface area contributed by atoms with Gasteiger partial charge in [0.15, 0.2) is 12.0 Å². The van der Waals surface area contributed by atoms with Crippen LogP contribution in [0.5, 0.6) is 0 Å². The van der Waals surface area contributed by atoms with Crippen molar-refractivity contribution in [2.24, 2.45) is 0 Å². The highest BCUT2D eigenvalue weighted by Gasteiger charge is 2.24. The summed E-state index contributed by atoms with van der Waals surface area (Å²) in [6.45, 7) is 3.03. The first-order chi connectivity index (χ1) is 14.5. The summed E-state index contributed by atoms with van der Waals surface area (Å²) >= 11 is 0. The zero-order valence-electron chi connectivity index (χ0n) is 16.2. The van der Waals surface area contributed by atoms with Crippen LogP contribution in [-0.2, 0) is 13.0 Å². The third-order valence-electron chi connectivity index (χ3n) is 5.48. The van der Waals surface area contributed by atoms with Gasteiger partial charge in [-0.3, -0.25) is 4.79 Å². The summed E-state index contributed by atoms with van der Waals surface area (Å²) in [5.41, 5.74) is 4.82. The molecule has 30 heavy (non-hydrogen) atoms. The highest BCUT2D eigenvalue weighted by molar-refractivity contribution is 5.90. The van der Waals surface area contributed by atoms with Crippen molar-refractivity contribution in [2.45, 2.75) is 19.9 Å². The number of rotatable bonds is 4. The number of hydrogen-bond donors (Lipinski definition) is 2. The molecule has 3 aromatic heterocycles. The van der Waals surface area contributed by atoms with E-state index in [0.29, 0.717) is 36.0 Å². The summed E-state index contributed by atoms with van der Waals surface area (Å²) < 4.78 is 5.57. The van der Waals surface area contributed by atoms with Crippen LogP contribution in [-0.4, -0.2) is 38.9 Å². The van der Waals surface area contributed by atoms with Crippen molar-refractivity contribution in [1.29, 1.82) is 0 Å². The maximum atomic E-state index is 11.2. The first-order valence-electron chi connectivity index (χ1n) is 9.54. The second-order valence-corrected chi connectivity index (χ2v) is 7.31. The maximum Gasteiger partial charge on any atom is 0.339 e. The Kier molecular flexibility index (Phi) is 4.13. The maximum absolute atomic E-state index is 11.2. The van der Waals surface area contributed by atoms with Gasteiger partial charge in [0.2, 0.25) is 5.95 Å². The van der Waals surface area contributed by atoms with Gasteiger partial charge in [-0.15, -0.1) is 0 Å². The monoisotopic (exact) mass is 402 g/mol. The SMILES string of the molecule is Cc1nc(N2CCc3[nH]c4ccc(-c5ccc(C=O)o5)cc4c3C2)ncc1C(=O)O. The highest BCUT2D eigenvalue weighted by atomic mass is 16.4. The second kappa shape index (κ2) is 6.84. The minimum absolute atomic E-state index is 0.112. The van der Waals surface area contributed by atoms with Gasteiger partial charge in [-0.05, 0) is 37.3 Å². The number of carbonyl (C=O) groups excluding carboxylic acids is 1. The second-order valence-electron chi connectivity index (χ2n) is 7.31. The molecule has 1 aromatic carbocycles. The molecule has 1 aliphatic heterocycles. The number of anilines is 1. The van der Waals surface area contributed by atoms with Gasteiger partial charge in [-0.25, -0.2) is 14.8 Å². The molecule has 0 unspecified atom stereocenters. The molecule has 1 aliphatic rings. The van der Waals surface area contributed by atoms with Crippen molar-refractivity contribution in [3.05, 3.63) is 64.8 Å². The van der Waals surface area contributed by atoms with E-state index in [2.05, 4.69) is 25.9 Å². The van der Waals surface area contributed by atoms with Gasteiger partial charge in [-0.1, -0.05) is 0 Å². The molecule has 4 aromatic rings. The zero-order valence-corrected chi connectivity index (χ0v) is 16.2. The molecule has 2 N–H and O–H groups in total. The lowest BCUT2D eigenvalue weighted by Gasteiger charge is -2.27. The summed E-state index contributed by atoms with van der Waals surface area (Å²) in [6, 6.07) is 9.48. The Balaban J connectivity index is 1.51. The number of carboxylic acid groups (broad SMARTS) is 1. The van der Waals surface area contributed by atoms with Crippen LogP contribution in [0.2, 0.25) is 0 Å². The third-order valence-corrected chi connectivity index (χ3v) is 5.48. The minimum Gasteiger partial charge on any atom is -0.478 e. The van der Waals surface area contributed by atoms with E-state index < -0.39 is 5.97 Å². The third kappa shape index (κ3) is 2.93. The van der Waals surface area contributed by atoms with Gasteiger partial charge < -0.3 is 19.4 Å². The van der Waals surface area contributed by atoms with Crippen LogP contribution in [0.3, 0.4) is 0 Å². The quantitative estimate of drug-likeness (QED) is 0.502. The van der Waals surface area contributed by atoms with Gasteiger partial charge in [0, 0.05) is 53.4 Å². The summed E-state index contributed by atoms with van der Waals surface area (Å²) in [6.07, 6.45) is 2.86. The average Bonchev–Trinajstić information content (AvgIpc) is 3.37. The summed E-state index contributed by atoms with van der Waals surface area (Å²) in [7, 11) is 0. The number of carbonyl (C=O) groups is 2. The molecular weight excluding hydrogens is 384 g/mol. The molecule has 150 valence electrons. The van der Waals surface area contributed by atoms with Crippen LogP contribution in [0.4, 0.5) is 5.95 Å². The van der Waals surface area contributed by atoms with E-state index in [1.54, 1.807) is 19.1 Å². The van der Waals surface area contributed by atoms with Crippen LogP contribution in [0.15, 0.2) is 40.9 Å². The zero-order chi connectivity index (χ0) is 20.8. The molecular formula is C22H18N4O4. The van der Waals surface area contributed by atoms with Crippen LogP contribution >= 0.6 is 0 Å². The van der Waals surface area contributed by atoms with Crippen molar-refractivity contribution in [1.82, 2.24) is 15.0 Å². The van der Waals surface area contributed by atoms with Crippen LogP contribution in [0, 0.1) is 6.92 Å². The molecule has 0 fully saturated rings. The molecule has 8 nitrogen and oxygen atoms in total. The van der Waals surface area contributed by atoms with E-state index in [9.17, 15) is 14.7 Å².